The second kappa shape index (κ2) is 5.39. The molecule has 1 saturated heterocycles. The number of likely N-dealkylation sites (tertiary alicyclic amines) is 1. The van der Waals surface area contributed by atoms with Crippen LogP contribution in [0.2, 0.25) is 0 Å². The van der Waals surface area contributed by atoms with E-state index < -0.39 is 0 Å². The zero-order valence-corrected chi connectivity index (χ0v) is 12.8. The zero-order chi connectivity index (χ0) is 15.0. The maximum atomic E-state index is 12.8. The topological polar surface area (TPSA) is 46.8 Å². The van der Waals surface area contributed by atoms with Gasteiger partial charge in [0, 0.05) is 19.3 Å². The molecule has 0 unspecified atom stereocenters. The Hall–Kier alpha value is -2.04. The minimum atomic E-state index is 0.0696. The number of amides is 1. The first-order chi connectivity index (χ1) is 10.1. The van der Waals surface area contributed by atoms with Gasteiger partial charge in [0.1, 0.15) is 5.69 Å². The molecule has 1 aliphatic heterocycles. The van der Waals surface area contributed by atoms with E-state index in [4.69, 9.17) is 4.74 Å². The van der Waals surface area contributed by atoms with Crippen molar-refractivity contribution in [1.82, 2.24) is 14.3 Å². The fourth-order valence-electron chi connectivity index (χ4n) is 2.93. The third-order valence-electron chi connectivity index (χ3n) is 4.28. The molecule has 0 bridgehead atoms. The van der Waals surface area contributed by atoms with E-state index in [1.807, 2.05) is 34.6 Å². The molecule has 0 saturated carbocycles. The summed E-state index contributed by atoms with van der Waals surface area (Å²) >= 11 is 0. The van der Waals surface area contributed by atoms with Gasteiger partial charge in [0.15, 0.2) is 11.4 Å². The predicted octanol–water partition coefficient (Wildman–Crippen LogP) is 2.52. The van der Waals surface area contributed by atoms with Gasteiger partial charge in [-0.25, -0.2) is 4.98 Å². The molecular weight excluding hydrogens is 266 g/mol. The van der Waals surface area contributed by atoms with E-state index in [-0.39, 0.29) is 5.91 Å². The fraction of sp³-hybridized carbons (Fsp3) is 0.500. The van der Waals surface area contributed by atoms with Crippen molar-refractivity contribution < 1.29 is 9.53 Å². The third-order valence-corrected chi connectivity index (χ3v) is 4.28. The number of methoxy groups -OCH3 is 1. The molecule has 2 aromatic heterocycles. The number of fused-ring (bicyclic) bond motifs is 1. The Labute approximate surface area is 124 Å². The molecule has 0 atom stereocenters. The maximum Gasteiger partial charge on any atom is 0.272 e. The molecule has 0 N–H and O–H groups in total. The molecular formula is C16H21N3O2. The summed E-state index contributed by atoms with van der Waals surface area (Å²) in [5, 5.41) is 0. The Morgan fingerprint density at radius 1 is 1.38 bits per heavy atom. The Bertz CT molecular complexity index is 669. The quantitative estimate of drug-likeness (QED) is 0.852. The zero-order valence-electron chi connectivity index (χ0n) is 12.8. The molecule has 2 aromatic rings. The van der Waals surface area contributed by atoms with Crippen LogP contribution in [0.25, 0.3) is 5.65 Å². The van der Waals surface area contributed by atoms with Crippen molar-refractivity contribution in [2.45, 2.75) is 26.7 Å². The van der Waals surface area contributed by atoms with Crippen molar-refractivity contribution in [3.63, 3.8) is 0 Å². The lowest BCUT2D eigenvalue weighted by molar-refractivity contribution is 0.0689. The van der Waals surface area contributed by atoms with Gasteiger partial charge in [0.25, 0.3) is 5.91 Å². The number of carbonyl (C=O) groups excluding carboxylic acids is 1. The predicted molar refractivity (Wildman–Crippen MR) is 80.8 cm³/mol. The number of hydrogen-bond donors (Lipinski definition) is 0. The minimum Gasteiger partial charge on any atom is -0.493 e. The van der Waals surface area contributed by atoms with Gasteiger partial charge < -0.3 is 9.64 Å². The lowest BCUT2D eigenvalue weighted by Crippen LogP contribution is -2.38. The van der Waals surface area contributed by atoms with Crippen molar-refractivity contribution in [3.05, 3.63) is 29.7 Å². The van der Waals surface area contributed by atoms with Crippen LogP contribution in [-0.2, 0) is 0 Å². The average molecular weight is 287 g/mol. The molecule has 5 nitrogen and oxygen atoms in total. The third kappa shape index (κ3) is 2.37. The molecule has 0 radical (unpaired) electrons. The van der Waals surface area contributed by atoms with Crippen molar-refractivity contribution in [1.29, 1.82) is 0 Å². The number of pyridine rings is 1. The summed E-state index contributed by atoms with van der Waals surface area (Å²) in [5.41, 5.74) is 2.10. The van der Waals surface area contributed by atoms with Crippen LogP contribution in [0.3, 0.4) is 0 Å². The number of rotatable bonds is 2. The van der Waals surface area contributed by atoms with Gasteiger partial charge in [-0.1, -0.05) is 6.92 Å². The second-order valence-electron chi connectivity index (χ2n) is 5.79. The fourth-order valence-corrected chi connectivity index (χ4v) is 2.93. The normalized spacial score (nSPS) is 16.4. The minimum absolute atomic E-state index is 0.0696. The highest BCUT2D eigenvalue weighted by Crippen LogP contribution is 2.24. The molecule has 21 heavy (non-hydrogen) atoms. The number of hydrogen-bond acceptors (Lipinski definition) is 3. The summed E-state index contributed by atoms with van der Waals surface area (Å²) in [6, 6.07) is 3.74. The SMILES string of the molecule is COc1cccn2c(C(=O)N3CCC(C)CC3)c(C)nc12. The van der Waals surface area contributed by atoms with E-state index in [2.05, 4.69) is 11.9 Å². The van der Waals surface area contributed by atoms with Crippen LogP contribution in [0.5, 0.6) is 5.75 Å². The number of ether oxygens (including phenoxy) is 1. The van der Waals surface area contributed by atoms with Crippen LogP contribution in [0.4, 0.5) is 0 Å². The Morgan fingerprint density at radius 2 is 2.10 bits per heavy atom. The van der Waals surface area contributed by atoms with Crippen LogP contribution in [0.1, 0.15) is 35.9 Å². The lowest BCUT2D eigenvalue weighted by atomic mass is 9.99. The van der Waals surface area contributed by atoms with Crippen molar-refractivity contribution >= 4 is 11.6 Å². The first-order valence-electron chi connectivity index (χ1n) is 7.42. The smallest absolute Gasteiger partial charge is 0.272 e. The number of nitrogens with zero attached hydrogens (tertiary/aromatic N) is 3. The van der Waals surface area contributed by atoms with E-state index in [1.54, 1.807) is 7.11 Å². The first kappa shape index (κ1) is 13.9. The number of aromatic nitrogens is 2. The molecule has 1 fully saturated rings. The molecule has 0 aliphatic carbocycles. The van der Waals surface area contributed by atoms with Crippen LogP contribution >= 0.6 is 0 Å². The summed E-state index contributed by atoms with van der Waals surface area (Å²) in [6.07, 6.45) is 4.02. The summed E-state index contributed by atoms with van der Waals surface area (Å²) in [7, 11) is 1.62. The molecule has 3 heterocycles. The molecule has 5 heteroatoms. The average Bonchev–Trinajstić information content (AvgIpc) is 2.83. The highest BCUT2D eigenvalue weighted by atomic mass is 16.5. The summed E-state index contributed by atoms with van der Waals surface area (Å²) in [6.45, 7) is 5.78. The number of aryl methyl sites for hydroxylation is 1. The maximum absolute atomic E-state index is 12.8. The Kier molecular flexibility index (Phi) is 3.57. The van der Waals surface area contributed by atoms with E-state index in [1.165, 1.54) is 0 Å². The van der Waals surface area contributed by atoms with E-state index in [0.717, 1.165) is 31.6 Å². The van der Waals surface area contributed by atoms with Crippen LogP contribution in [0, 0.1) is 12.8 Å². The van der Waals surface area contributed by atoms with Crippen LogP contribution in [0.15, 0.2) is 18.3 Å². The molecule has 0 aromatic carbocycles. The highest BCUT2D eigenvalue weighted by Gasteiger charge is 2.26. The Balaban J connectivity index is 2.00. The highest BCUT2D eigenvalue weighted by molar-refractivity contribution is 5.95. The molecule has 3 rings (SSSR count). The molecule has 0 spiro atoms. The van der Waals surface area contributed by atoms with Gasteiger partial charge in [-0.15, -0.1) is 0 Å². The standard InChI is InChI=1S/C16H21N3O2/c1-11-6-9-18(10-7-11)16(20)14-12(2)17-15-13(21-3)5-4-8-19(14)15/h4-5,8,11H,6-7,9-10H2,1-3H3. The number of piperidine rings is 1. The van der Waals surface area contributed by atoms with Crippen molar-refractivity contribution in [3.8, 4) is 5.75 Å². The van der Waals surface area contributed by atoms with E-state index >= 15 is 0 Å². The largest absolute Gasteiger partial charge is 0.493 e. The number of imidazole rings is 1. The first-order valence-corrected chi connectivity index (χ1v) is 7.42. The van der Waals surface area contributed by atoms with Gasteiger partial charge in [0.2, 0.25) is 0 Å². The van der Waals surface area contributed by atoms with Gasteiger partial charge in [-0.05, 0) is 37.8 Å². The second-order valence-corrected chi connectivity index (χ2v) is 5.79. The summed E-state index contributed by atoms with van der Waals surface area (Å²) in [4.78, 5) is 19.3. The monoisotopic (exact) mass is 287 g/mol. The van der Waals surface area contributed by atoms with Gasteiger partial charge in [0.05, 0.1) is 12.8 Å². The summed E-state index contributed by atoms with van der Waals surface area (Å²) < 4.78 is 7.17. The summed E-state index contributed by atoms with van der Waals surface area (Å²) in [5.74, 6) is 1.46. The number of carbonyl (C=O) groups is 1. The molecule has 1 aliphatic rings. The van der Waals surface area contributed by atoms with Crippen molar-refractivity contribution in [2.24, 2.45) is 5.92 Å². The molecule has 1 amide bonds. The van der Waals surface area contributed by atoms with E-state index in [9.17, 15) is 4.79 Å². The molecule has 112 valence electrons. The van der Waals surface area contributed by atoms with Crippen molar-refractivity contribution in [2.75, 3.05) is 20.2 Å². The van der Waals surface area contributed by atoms with Gasteiger partial charge in [-0.2, -0.15) is 0 Å². The van der Waals surface area contributed by atoms with E-state index in [0.29, 0.717) is 23.0 Å². The van der Waals surface area contributed by atoms with Crippen LogP contribution in [-0.4, -0.2) is 40.4 Å². The van der Waals surface area contributed by atoms with Gasteiger partial charge in [-0.3, -0.25) is 9.20 Å². The van der Waals surface area contributed by atoms with Crippen LogP contribution < -0.4 is 4.74 Å². The van der Waals surface area contributed by atoms with Gasteiger partial charge >= 0.3 is 0 Å². The Morgan fingerprint density at radius 3 is 2.76 bits per heavy atom. The lowest BCUT2D eigenvalue weighted by Gasteiger charge is -2.30.